The van der Waals surface area contributed by atoms with Crippen molar-refractivity contribution in [1.29, 1.82) is 0 Å². The molecule has 0 amide bonds. The topological polar surface area (TPSA) is 60.8 Å². The molecule has 0 bridgehead atoms. The fraction of sp³-hybridized carbons (Fsp3) is 0.455. The van der Waals surface area contributed by atoms with Crippen molar-refractivity contribution in [2.24, 2.45) is 0 Å². The van der Waals surface area contributed by atoms with Gasteiger partial charge in [-0.3, -0.25) is 9.46 Å². The third-order valence-corrected chi connectivity index (χ3v) is 4.71. The molecular weight excluding hydrogens is 423 g/mol. The summed E-state index contributed by atoms with van der Waals surface area (Å²) in [5.41, 5.74) is -4.04. The average Bonchev–Trinajstić information content (AvgIpc) is 2.21. The van der Waals surface area contributed by atoms with Gasteiger partial charge in [-0.25, -0.2) is 0 Å². The zero-order valence-electron chi connectivity index (χ0n) is 10.3. The first kappa shape index (κ1) is 18.2. The maximum atomic E-state index is 13.6. The first-order valence-electron chi connectivity index (χ1n) is 5.66. The smallest absolute Gasteiger partial charge is 0.320 e. The fourth-order valence-corrected chi connectivity index (χ4v) is 3.19. The minimum Gasteiger partial charge on any atom is -0.320 e. The van der Waals surface area contributed by atoms with Gasteiger partial charge in [0.1, 0.15) is 0 Å². The van der Waals surface area contributed by atoms with Gasteiger partial charge in [0, 0.05) is 16.6 Å². The Balaban J connectivity index is 0.00000200. The molecule has 1 aromatic carbocycles. The quantitative estimate of drug-likeness (QED) is 0.709. The first-order valence-corrected chi connectivity index (χ1v) is 8.07. The lowest BCUT2D eigenvalue weighted by Crippen LogP contribution is -2.36. The molecule has 1 aliphatic rings. The summed E-state index contributed by atoms with van der Waals surface area (Å²) >= 11 is 2.96. The minimum absolute atomic E-state index is 0. The molecular formula is C11H14Br2F2NO3P. The SMILES string of the molecule is Br.O=P(O)(O)C(F)(F)c1ccc(CN2CCC2)cc1Br. The van der Waals surface area contributed by atoms with Crippen molar-refractivity contribution in [2.45, 2.75) is 18.6 Å². The van der Waals surface area contributed by atoms with E-state index in [1.165, 1.54) is 12.1 Å². The number of halogens is 4. The van der Waals surface area contributed by atoms with E-state index in [-0.39, 0.29) is 21.5 Å². The van der Waals surface area contributed by atoms with Crippen LogP contribution in [-0.2, 0) is 16.8 Å². The second-order valence-corrected chi connectivity index (χ2v) is 7.03. The zero-order valence-corrected chi connectivity index (χ0v) is 14.5. The van der Waals surface area contributed by atoms with Crippen LogP contribution >= 0.6 is 40.5 Å². The van der Waals surface area contributed by atoms with Crippen molar-refractivity contribution in [3.8, 4) is 0 Å². The molecule has 0 aliphatic carbocycles. The summed E-state index contributed by atoms with van der Waals surface area (Å²) in [5.74, 6) is 0. The maximum absolute atomic E-state index is 13.6. The van der Waals surface area contributed by atoms with Crippen LogP contribution in [0.3, 0.4) is 0 Å². The molecule has 9 heteroatoms. The highest BCUT2D eigenvalue weighted by Gasteiger charge is 2.51. The number of hydrogen-bond acceptors (Lipinski definition) is 2. The van der Waals surface area contributed by atoms with Gasteiger partial charge in [0.05, 0.1) is 0 Å². The number of likely N-dealkylation sites (tertiary alicyclic amines) is 1. The van der Waals surface area contributed by atoms with Gasteiger partial charge in [0.2, 0.25) is 0 Å². The molecule has 0 spiro atoms. The van der Waals surface area contributed by atoms with Crippen LogP contribution in [0.2, 0.25) is 0 Å². The van der Waals surface area contributed by atoms with Gasteiger partial charge in [-0.15, -0.1) is 17.0 Å². The molecule has 20 heavy (non-hydrogen) atoms. The number of hydrogen-bond donors (Lipinski definition) is 2. The summed E-state index contributed by atoms with van der Waals surface area (Å²) in [5, 5.41) is 0. The molecule has 1 fully saturated rings. The molecule has 1 aliphatic heterocycles. The monoisotopic (exact) mass is 435 g/mol. The lowest BCUT2D eigenvalue weighted by molar-refractivity contribution is 0.0557. The molecule has 0 radical (unpaired) electrons. The van der Waals surface area contributed by atoms with E-state index >= 15 is 0 Å². The minimum atomic E-state index is -5.53. The van der Waals surface area contributed by atoms with Crippen molar-refractivity contribution < 1.29 is 23.1 Å². The average molecular weight is 437 g/mol. The molecule has 0 unspecified atom stereocenters. The molecule has 4 nitrogen and oxygen atoms in total. The molecule has 1 heterocycles. The van der Waals surface area contributed by atoms with Crippen molar-refractivity contribution >= 4 is 40.5 Å². The number of benzene rings is 1. The summed E-state index contributed by atoms with van der Waals surface area (Å²) in [6, 6.07) is 4.03. The van der Waals surface area contributed by atoms with Crippen LogP contribution in [0.25, 0.3) is 0 Å². The Bertz CT molecular complexity index is 534. The highest BCUT2D eigenvalue weighted by atomic mass is 79.9. The largest absolute Gasteiger partial charge is 0.399 e. The standard InChI is InChI=1S/C11H13BrF2NO3P.BrH/c12-10-6-8(7-15-4-1-5-15)2-3-9(10)11(13,14)19(16,17)18;/h2-3,6H,1,4-5,7H2,(H2,16,17,18);1H. The van der Waals surface area contributed by atoms with Crippen LogP contribution in [0.5, 0.6) is 0 Å². The normalized spacial score (nSPS) is 16.4. The molecule has 2 N–H and O–H groups in total. The summed E-state index contributed by atoms with van der Waals surface area (Å²) < 4.78 is 38.0. The fourth-order valence-electron chi connectivity index (χ4n) is 1.86. The number of alkyl halides is 2. The van der Waals surface area contributed by atoms with Gasteiger partial charge in [0.15, 0.2) is 0 Å². The second-order valence-electron chi connectivity index (χ2n) is 4.53. The van der Waals surface area contributed by atoms with E-state index < -0.39 is 18.8 Å². The third kappa shape index (κ3) is 3.67. The van der Waals surface area contributed by atoms with Gasteiger partial charge < -0.3 is 9.79 Å². The summed E-state index contributed by atoms with van der Waals surface area (Å²) in [7, 11) is -5.53. The van der Waals surface area contributed by atoms with Crippen molar-refractivity contribution in [1.82, 2.24) is 4.90 Å². The van der Waals surface area contributed by atoms with E-state index in [0.29, 0.717) is 6.54 Å². The van der Waals surface area contributed by atoms with Crippen LogP contribution in [0.1, 0.15) is 17.5 Å². The van der Waals surface area contributed by atoms with Crippen LogP contribution in [-0.4, -0.2) is 27.8 Å². The highest BCUT2D eigenvalue weighted by molar-refractivity contribution is 9.10. The molecule has 0 aromatic heterocycles. The van der Waals surface area contributed by atoms with Crippen LogP contribution < -0.4 is 0 Å². The van der Waals surface area contributed by atoms with Crippen molar-refractivity contribution in [2.75, 3.05) is 13.1 Å². The van der Waals surface area contributed by atoms with E-state index in [9.17, 15) is 13.3 Å². The zero-order chi connectivity index (χ0) is 14.3. The van der Waals surface area contributed by atoms with E-state index in [2.05, 4.69) is 20.8 Å². The lowest BCUT2D eigenvalue weighted by Gasteiger charge is -2.30. The van der Waals surface area contributed by atoms with Gasteiger partial charge in [-0.2, -0.15) is 8.78 Å². The first-order chi connectivity index (χ1) is 8.72. The molecule has 0 saturated carbocycles. The van der Waals surface area contributed by atoms with Gasteiger partial charge in [0.25, 0.3) is 0 Å². The van der Waals surface area contributed by atoms with Crippen LogP contribution in [0, 0.1) is 0 Å². The predicted molar refractivity (Wildman–Crippen MR) is 80.3 cm³/mol. The second kappa shape index (κ2) is 6.50. The van der Waals surface area contributed by atoms with E-state index in [1.807, 2.05) is 0 Å². The maximum Gasteiger partial charge on any atom is 0.399 e. The Kier molecular flexibility index (Phi) is 5.92. The van der Waals surface area contributed by atoms with E-state index in [0.717, 1.165) is 31.1 Å². The summed E-state index contributed by atoms with van der Waals surface area (Å²) in [6.07, 6.45) is 1.13. The Morgan fingerprint density at radius 1 is 1.35 bits per heavy atom. The number of nitrogens with zero attached hydrogens (tertiary/aromatic N) is 1. The van der Waals surface area contributed by atoms with Crippen molar-refractivity contribution in [3.05, 3.63) is 33.8 Å². The van der Waals surface area contributed by atoms with Crippen LogP contribution in [0.15, 0.2) is 22.7 Å². The molecule has 114 valence electrons. The predicted octanol–water partition coefficient (Wildman–Crippen LogP) is 3.46. The third-order valence-electron chi connectivity index (χ3n) is 3.08. The molecule has 2 rings (SSSR count). The van der Waals surface area contributed by atoms with E-state index in [1.54, 1.807) is 0 Å². The Morgan fingerprint density at radius 3 is 2.35 bits per heavy atom. The molecule has 1 aromatic rings. The molecule has 0 atom stereocenters. The lowest BCUT2D eigenvalue weighted by atomic mass is 10.1. The number of rotatable bonds is 4. The van der Waals surface area contributed by atoms with Crippen LogP contribution in [0.4, 0.5) is 8.78 Å². The Labute approximate surface area is 134 Å². The molecule has 1 saturated heterocycles. The van der Waals surface area contributed by atoms with Gasteiger partial charge in [-0.05, 0) is 31.1 Å². The summed E-state index contributed by atoms with van der Waals surface area (Å²) in [4.78, 5) is 19.6. The van der Waals surface area contributed by atoms with E-state index in [4.69, 9.17) is 9.79 Å². The van der Waals surface area contributed by atoms with Gasteiger partial charge in [-0.1, -0.05) is 28.1 Å². The Hall–Kier alpha value is 0.150. The summed E-state index contributed by atoms with van der Waals surface area (Å²) in [6.45, 7) is 2.62. The highest BCUT2D eigenvalue weighted by Crippen LogP contribution is 2.60. The van der Waals surface area contributed by atoms with Crippen molar-refractivity contribution in [3.63, 3.8) is 0 Å². The Morgan fingerprint density at radius 2 is 1.95 bits per heavy atom. The van der Waals surface area contributed by atoms with Gasteiger partial charge >= 0.3 is 13.3 Å².